The number of rotatable bonds is 6. The topological polar surface area (TPSA) is 52.9 Å². The first kappa shape index (κ1) is 24.1. The lowest BCUT2D eigenvalue weighted by molar-refractivity contribution is 0.415. The van der Waals surface area contributed by atoms with Gasteiger partial charge in [0.1, 0.15) is 17.2 Å². The first-order valence-electron chi connectivity index (χ1n) is 12.4. The molecule has 0 saturated carbocycles. The molecule has 1 atom stereocenters. The molecule has 6 heteroatoms. The van der Waals surface area contributed by atoms with Crippen molar-refractivity contribution in [1.29, 1.82) is 0 Å². The van der Waals surface area contributed by atoms with Crippen molar-refractivity contribution >= 4 is 34.1 Å². The Morgan fingerprint density at radius 1 is 0.737 bits per heavy atom. The van der Waals surface area contributed by atoms with E-state index in [0.717, 1.165) is 55.6 Å². The molecule has 0 spiro atoms. The van der Waals surface area contributed by atoms with Crippen LogP contribution in [0.3, 0.4) is 0 Å². The zero-order valence-corrected chi connectivity index (χ0v) is 21.9. The lowest BCUT2D eigenvalue weighted by atomic mass is 10.0. The van der Waals surface area contributed by atoms with Crippen molar-refractivity contribution in [3.63, 3.8) is 0 Å². The molecule has 0 amide bonds. The number of aliphatic imine (C=N–C) groups is 1. The number of thioether (sulfide) groups is 1. The van der Waals surface area contributed by atoms with Gasteiger partial charge < -0.3 is 14.2 Å². The second kappa shape index (κ2) is 10.6. The van der Waals surface area contributed by atoms with Crippen LogP contribution in [0.4, 0.5) is 5.69 Å². The Hall–Kier alpha value is -4.29. The van der Waals surface area contributed by atoms with Crippen LogP contribution in [0.2, 0.25) is 0 Å². The van der Waals surface area contributed by atoms with Crippen LogP contribution in [0, 0.1) is 0 Å². The summed E-state index contributed by atoms with van der Waals surface area (Å²) in [7, 11) is 3.36. The molecule has 188 valence electrons. The van der Waals surface area contributed by atoms with Gasteiger partial charge in [-0.15, -0.1) is 11.8 Å². The highest BCUT2D eigenvalue weighted by atomic mass is 32.2. The van der Waals surface area contributed by atoms with Gasteiger partial charge in [-0.3, -0.25) is 4.99 Å². The molecule has 0 N–H and O–H groups in total. The van der Waals surface area contributed by atoms with Crippen LogP contribution in [0.5, 0.6) is 23.1 Å². The van der Waals surface area contributed by atoms with E-state index in [-0.39, 0.29) is 5.25 Å². The summed E-state index contributed by atoms with van der Waals surface area (Å²) in [5.41, 5.74) is 4.90. The molecule has 4 aromatic carbocycles. The molecule has 1 aromatic heterocycles. The minimum Gasteiger partial charge on any atom is -0.497 e. The van der Waals surface area contributed by atoms with E-state index < -0.39 is 0 Å². The third-order valence-corrected chi connectivity index (χ3v) is 7.82. The van der Waals surface area contributed by atoms with E-state index in [1.54, 1.807) is 26.0 Å². The van der Waals surface area contributed by atoms with Crippen LogP contribution in [0.25, 0.3) is 10.9 Å². The van der Waals surface area contributed by atoms with Gasteiger partial charge in [0.15, 0.2) is 0 Å². The first-order valence-corrected chi connectivity index (χ1v) is 13.3. The molecular formula is C32H26N2O3S. The maximum Gasteiger partial charge on any atom is 0.224 e. The summed E-state index contributed by atoms with van der Waals surface area (Å²) in [6.07, 6.45) is 0.702. The first-order chi connectivity index (χ1) is 18.7. The Kier molecular flexibility index (Phi) is 6.71. The van der Waals surface area contributed by atoms with E-state index >= 15 is 0 Å². The zero-order valence-electron chi connectivity index (χ0n) is 21.1. The highest BCUT2D eigenvalue weighted by Gasteiger charge is 2.27. The average Bonchev–Trinajstić information content (AvgIpc) is 3.17. The van der Waals surface area contributed by atoms with Gasteiger partial charge in [0.05, 0.1) is 25.4 Å². The van der Waals surface area contributed by atoms with E-state index in [0.29, 0.717) is 12.3 Å². The molecule has 5 nitrogen and oxygen atoms in total. The lowest BCUT2D eigenvalue weighted by Crippen LogP contribution is -2.07. The quantitative estimate of drug-likeness (QED) is 0.226. The average molecular weight is 519 g/mol. The van der Waals surface area contributed by atoms with Gasteiger partial charge in [-0.25, -0.2) is 4.98 Å². The van der Waals surface area contributed by atoms with Crippen molar-refractivity contribution in [3.05, 3.63) is 114 Å². The summed E-state index contributed by atoms with van der Waals surface area (Å²) in [5, 5.41) is 1.02. The van der Waals surface area contributed by atoms with Crippen LogP contribution in [-0.2, 0) is 0 Å². The molecule has 1 aliphatic heterocycles. The Labute approximate surface area is 226 Å². The van der Waals surface area contributed by atoms with E-state index in [4.69, 9.17) is 24.2 Å². The molecule has 6 rings (SSSR count). The van der Waals surface area contributed by atoms with Crippen LogP contribution < -0.4 is 14.2 Å². The number of nitrogens with zero attached hydrogens (tertiary/aromatic N) is 2. The minimum absolute atomic E-state index is 0.0151. The summed E-state index contributed by atoms with van der Waals surface area (Å²) >= 11 is 1.79. The fourth-order valence-electron chi connectivity index (χ4n) is 4.54. The number of para-hydroxylation sites is 2. The Bertz CT molecular complexity index is 1620. The van der Waals surface area contributed by atoms with Crippen LogP contribution in [-0.4, -0.2) is 24.9 Å². The Balaban J connectivity index is 1.49. The monoisotopic (exact) mass is 518 g/mol. The van der Waals surface area contributed by atoms with Gasteiger partial charge in [0, 0.05) is 33.2 Å². The minimum atomic E-state index is 0.0151. The number of methoxy groups -OCH3 is 2. The number of aromatic nitrogens is 1. The Morgan fingerprint density at radius 3 is 2.26 bits per heavy atom. The van der Waals surface area contributed by atoms with Crippen molar-refractivity contribution < 1.29 is 14.2 Å². The molecule has 0 aliphatic carbocycles. The maximum absolute atomic E-state index is 6.42. The van der Waals surface area contributed by atoms with Crippen LogP contribution in [0.1, 0.15) is 22.8 Å². The highest BCUT2D eigenvalue weighted by molar-refractivity contribution is 7.99. The van der Waals surface area contributed by atoms with E-state index in [2.05, 4.69) is 36.4 Å². The SMILES string of the molecule is COc1ccc(C2=Nc3ccccc3SC(c3cc4cc(OC)ccc4nc3Oc3ccccc3)C2)cc1. The second-order valence-corrected chi connectivity index (χ2v) is 10.2. The van der Waals surface area contributed by atoms with Crippen molar-refractivity contribution in [2.45, 2.75) is 16.6 Å². The number of hydrogen-bond donors (Lipinski definition) is 0. The van der Waals surface area contributed by atoms with E-state index in [1.165, 1.54) is 0 Å². The predicted molar refractivity (Wildman–Crippen MR) is 154 cm³/mol. The largest absolute Gasteiger partial charge is 0.497 e. The number of ether oxygens (including phenoxy) is 3. The molecule has 38 heavy (non-hydrogen) atoms. The van der Waals surface area contributed by atoms with Crippen molar-refractivity contribution in [2.24, 2.45) is 4.99 Å². The third kappa shape index (κ3) is 4.95. The zero-order chi connectivity index (χ0) is 25.9. The number of hydrogen-bond acceptors (Lipinski definition) is 6. The summed E-state index contributed by atoms with van der Waals surface area (Å²) in [4.78, 5) is 11.2. The summed E-state index contributed by atoms with van der Waals surface area (Å²) in [5.74, 6) is 2.96. The van der Waals surface area contributed by atoms with Crippen molar-refractivity contribution in [1.82, 2.24) is 4.98 Å². The van der Waals surface area contributed by atoms with Gasteiger partial charge in [0.25, 0.3) is 0 Å². The number of pyridine rings is 1. The maximum atomic E-state index is 6.42. The van der Waals surface area contributed by atoms with Gasteiger partial charge in [-0.05, 0) is 78.4 Å². The summed E-state index contributed by atoms with van der Waals surface area (Å²) < 4.78 is 17.3. The molecule has 0 fully saturated rings. The van der Waals surface area contributed by atoms with Crippen molar-refractivity contribution in [2.75, 3.05) is 14.2 Å². The molecule has 0 bridgehead atoms. The van der Waals surface area contributed by atoms with Crippen LogP contribution >= 0.6 is 11.8 Å². The summed E-state index contributed by atoms with van der Waals surface area (Å²) in [6, 6.07) is 34.3. The van der Waals surface area contributed by atoms with Gasteiger partial charge in [0.2, 0.25) is 5.88 Å². The summed E-state index contributed by atoms with van der Waals surface area (Å²) in [6.45, 7) is 0. The molecular weight excluding hydrogens is 492 g/mol. The molecule has 0 radical (unpaired) electrons. The third-order valence-electron chi connectivity index (χ3n) is 6.51. The molecule has 1 unspecified atom stereocenters. The standard InChI is InChI=1S/C32H26N2O3S/c1-35-23-14-12-21(13-15-23)29-20-31(38-30-11-7-6-10-28(30)33-29)26-19-22-18-25(36-2)16-17-27(22)34-32(26)37-24-8-4-3-5-9-24/h3-19,31H,20H2,1-2H3. The molecule has 0 saturated heterocycles. The molecule has 5 aromatic rings. The van der Waals surface area contributed by atoms with Gasteiger partial charge in [-0.2, -0.15) is 0 Å². The Morgan fingerprint density at radius 2 is 1.47 bits per heavy atom. The second-order valence-electron chi connectivity index (χ2n) is 8.92. The van der Waals surface area contributed by atoms with Gasteiger partial charge in [-0.1, -0.05) is 30.3 Å². The lowest BCUT2D eigenvalue weighted by Gasteiger charge is -2.20. The number of fused-ring (bicyclic) bond motifs is 2. The highest BCUT2D eigenvalue weighted by Crippen LogP contribution is 2.48. The van der Waals surface area contributed by atoms with Crippen LogP contribution in [0.15, 0.2) is 113 Å². The normalized spacial score (nSPS) is 14.8. The van der Waals surface area contributed by atoms with E-state index in [9.17, 15) is 0 Å². The van der Waals surface area contributed by atoms with E-state index in [1.807, 2.05) is 66.7 Å². The molecule has 2 heterocycles. The fraction of sp³-hybridized carbons (Fsp3) is 0.125. The van der Waals surface area contributed by atoms with Crippen molar-refractivity contribution in [3.8, 4) is 23.1 Å². The number of benzene rings is 4. The fourth-order valence-corrected chi connectivity index (χ4v) is 5.78. The predicted octanol–water partition coefficient (Wildman–Crippen LogP) is 8.40. The molecule has 1 aliphatic rings. The van der Waals surface area contributed by atoms with Gasteiger partial charge >= 0.3 is 0 Å². The smallest absolute Gasteiger partial charge is 0.224 e.